The summed E-state index contributed by atoms with van der Waals surface area (Å²) < 4.78 is 9.89. The number of aromatic nitrogens is 1. The predicted octanol–water partition coefficient (Wildman–Crippen LogP) is 3.76. The number of hydrogen-bond donors (Lipinski definition) is 0. The van der Waals surface area contributed by atoms with E-state index in [0.29, 0.717) is 35.1 Å². The Kier molecular flexibility index (Phi) is 5.79. The lowest BCUT2D eigenvalue weighted by molar-refractivity contribution is -0.147. The SMILES string of the molecule is COC(=O)C(=O)c1c2n(c3ccccc13)C(=O)C1(S2)C(C(=O)OC)C2c3ccccc3CCN2C12C(=O)N(C)c1ccccc12. The topological polar surface area (TPSA) is 115 Å². The summed E-state index contributed by atoms with van der Waals surface area (Å²) in [4.78, 5) is 74.7. The van der Waals surface area contributed by atoms with Gasteiger partial charge in [-0.2, -0.15) is 0 Å². The van der Waals surface area contributed by atoms with E-state index in [-0.39, 0.29) is 16.5 Å². The monoisotopic (exact) mass is 621 g/mol. The summed E-state index contributed by atoms with van der Waals surface area (Å²) in [5.74, 6) is -4.68. The van der Waals surface area contributed by atoms with E-state index in [1.807, 2.05) is 53.4 Å². The summed E-state index contributed by atoms with van der Waals surface area (Å²) in [5.41, 5.74) is 1.85. The molecule has 0 radical (unpaired) electrons. The van der Waals surface area contributed by atoms with Gasteiger partial charge in [0.15, 0.2) is 5.54 Å². The molecule has 0 N–H and O–H groups in total. The van der Waals surface area contributed by atoms with Crippen LogP contribution >= 0.6 is 11.8 Å². The molecule has 4 aromatic rings. The fraction of sp³-hybridized carbons (Fsp3) is 0.265. The molecule has 5 heterocycles. The molecule has 0 bridgehead atoms. The number of ketones is 1. The molecule has 1 fully saturated rings. The molecule has 2 spiro atoms. The summed E-state index contributed by atoms with van der Waals surface area (Å²) >= 11 is 1.02. The van der Waals surface area contributed by atoms with Crippen LogP contribution in [0.4, 0.5) is 5.69 Å². The van der Waals surface area contributed by atoms with Crippen molar-refractivity contribution in [2.24, 2.45) is 5.92 Å². The lowest BCUT2D eigenvalue weighted by Gasteiger charge is -2.44. The maximum absolute atomic E-state index is 15.5. The highest BCUT2D eigenvalue weighted by Crippen LogP contribution is 2.71. The third-order valence-corrected chi connectivity index (χ3v) is 11.6. The summed E-state index contributed by atoms with van der Waals surface area (Å²) in [7, 11) is 4.08. The van der Waals surface area contributed by atoms with E-state index in [4.69, 9.17) is 9.47 Å². The van der Waals surface area contributed by atoms with Gasteiger partial charge in [-0.15, -0.1) is 0 Å². The number of carbonyl (C=O) groups is 5. The van der Waals surface area contributed by atoms with Gasteiger partial charge < -0.3 is 14.4 Å². The van der Waals surface area contributed by atoms with Crippen LogP contribution in [0.2, 0.25) is 0 Å². The van der Waals surface area contributed by atoms with Crippen molar-refractivity contribution in [3.63, 3.8) is 0 Å². The highest BCUT2D eigenvalue weighted by Gasteiger charge is 2.82. The molecule has 1 aromatic heterocycles. The van der Waals surface area contributed by atoms with Crippen molar-refractivity contribution in [2.45, 2.75) is 27.8 Å². The Morgan fingerprint density at radius 3 is 2.38 bits per heavy atom. The number of likely N-dealkylation sites (N-methyl/N-ethyl adjacent to an activating group) is 1. The molecule has 10 nitrogen and oxygen atoms in total. The van der Waals surface area contributed by atoms with Crippen LogP contribution in [0.1, 0.15) is 37.9 Å². The molecule has 0 aliphatic carbocycles. The van der Waals surface area contributed by atoms with Crippen LogP contribution < -0.4 is 4.90 Å². The van der Waals surface area contributed by atoms with Gasteiger partial charge in [0, 0.05) is 30.2 Å². The lowest BCUT2D eigenvalue weighted by Crippen LogP contribution is -2.64. The number of carbonyl (C=O) groups excluding carboxylic acids is 5. The number of Topliss-reactive ketones (excluding diaryl/α,β-unsaturated/α-hetero) is 1. The van der Waals surface area contributed by atoms with Gasteiger partial charge >= 0.3 is 11.9 Å². The zero-order valence-corrected chi connectivity index (χ0v) is 25.4. The Balaban J connectivity index is 1.51. The smallest absolute Gasteiger partial charge is 0.379 e. The second-order valence-electron chi connectivity index (χ2n) is 11.7. The molecule has 8 rings (SSSR count). The Bertz CT molecular complexity index is 2040. The average Bonchev–Trinajstić information content (AvgIpc) is 3.72. The van der Waals surface area contributed by atoms with Crippen LogP contribution in [0.3, 0.4) is 0 Å². The van der Waals surface area contributed by atoms with Crippen LogP contribution in [0.5, 0.6) is 0 Å². The van der Waals surface area contributed by atoms with Crippen LogP contribution in [-0.4, -0.2) is 71.6 Å². The van der Waals surface area contributed by atoms with Crippen molar-refractivity contribution < 1.29 is 33.4 Å². The van der Waals surface area contributed by atoms with E-state index in [1.165, 1.54) is 11.7 Å². The minimum Gasteiger partial charge on any atom is -0.469 e. The third kappa shape index (κ3) is 3.07. The summed E-state index contributed by atoms with van der Waals surface area (Å²) in [5, 5.41) is 0.594. The number of hydrogen-bond acceptors (Lipinski definition) is 9. The molecule has 0 saturated carbocycles. The first-order valence-corrected chi connectivity index (χ1v) is 15.4. The number of fused-ring (bicyclic) bond motifs is 10. The fourth-order valence-electron chi connectivity index (χ4n) is 8.31. The minimum absolute atomic E-state index is 0.00352. The van der Waals surface area contributed by atoms with E-state index in [2.05, 4.69) is 0 Å². The Morgan fingerprint density at radius 1 is 0.889 bits per heavy atom. The first-order chi connectivity index (χ1) is 21.7. The second-order valence-corrected chi connectivity index (χ2v) is 12.9. The summed E-state index contributed by atoms with van der Waals surface area (Å²) in [6.07, 6.45) is 0.595. The highest BCUT2D eigenvalue weighted by atomic mass is 32.2. The van der Waals surface area contributed by atoms with Gasteiger partial charge in [0.2, 0.25) is 0 Å². The van der Waals surface area contributed by atoms with Crippen molar-refractivity contribution in [3.05, 3.63) is 95.1 Å². The third-order valence-electron chi connectivity index (χ3n) is 9.99. The van der Waals surface area contributed by atoms with E-state index in [0.717, 1.165) is 30.0 Å². The zero-order chi connectivity index (χ0) is 31.4. The Labute approximate surface area is 261 Å². The van der Waals surface area contributed by atoms with Crippen LogP contribution in [0.15, 0.2) is 77.8 Å². The van der Waals surface area contributed by atoms with Crippen molar-refractivity contribution in [1.29, 1.82) is 0 Å². The van der Waals surface area contributed by atoms with Crippen LogP contribution in [-0.2, 0) is 35.8 Å². The average molecular weight is 622 g/mol. The molecule has 1 amide bonds. The van der Waals surface area contributed by atoms with Gasteiger partial charge in [-0.05, 0) is 29.7 Å². The number of thioether (sulfide) groups is 1. The second kappa shape index (κ2) is 9.38. The van der Waals surface area contributed by atoms with E-state index < -0.39 is 45.9 Å². The number of methoxy groups -OCH3 is 2. The number of benzene rings is 3. The summed E-state index contributed by atoms with van der Waals surface area (Å²) in [6.45, 7) is 0.391. The molecule has 3 aromatic carbocycles. The first-order valence-electron chi connectivity index (χ1n) is 14.6. The highest BCUT2D eigenvalue weighted by molar-refractivity contribution is 8.02. The van der Waals surface area contributed by atoms with Crippen LogP contribution in [0.25, 0.3) is 10.9 Å². The van der Waals surface area contributed by atoms with E-state index in [1.54, 1.807) is 36.2 Å². The molecule has 226 valence electrons. The number of anilines is 1. The molecule has 4 atom stereocenters. The number of esters is 2. The quantitative estimate of drug-likeness (QED) is 0.192. The number of ether oxygens (including phenoxy) is 2. The van der Waals surface area contributed by atoms with Gasteiger partial charge in [0.05, 0.1) is 36.4 Å². The van der Waals surface area contributed by atoms with Gasteiger partial charge in [-0.25, -0.2) is 4.79 Å². The standard InChI is InChI=1S/C34H27N3O7S/c1-35-23-15-9-7-13-21(23)33(31(35)41)34(25(29(39)43-2)26-19-11-5-4-10-18(19)16-17-36(26)33)32(42)37-22-14-8-6-12-20(22)24(28(37)45-34)27(38)30(40)44-3/h4-15,25-26H,16-17H2,1-3H3. The molecule has 45 heavy (non-hydrogen) atoms. The predicted molar refractivity (Wildman–Crippen MR) is 164 cm³/mol. The van der Waals surface area contributed by atoms with Crippen molar-refractivity contribution in [2.75, 3.05) is 32.7 Å². The molecule has 4 aliphatic heterocycles. The van der Waals surface area contributed by atoms with E-state index >= 15 is 9.59 Å². The van der Waals surface area contributed by atoms with E-state index in [9.17, 15) is 14.4 Å². The maximum Gasteiger partial charge on any atom is 0.379 e. The summed E-state index contributed by atoms with van der Waals surface area (Å²) in [6, 6.07) is 21.2. The molecule has 1 saturated heterocycles. The largest absolute Gasteiger partial charge is 0.469 e. The fourth-order valence-corrected chi connectivity index (χ4v) is 10.2. The Morgan fingerprint density at radius 2 is 1.60 bits per heavy atom. The van der Waals surface area contributed by atoms with Crippen molar-refractivity contribution >= 4 is 57.9 Å². The number of nitrogens with zero attached hydrogens (tertiary/aromatic N) is 3. The number of rotatable bonds is 3. The van der Waals surface area contributed by atoms with Gasteiger partial charge in [-0.1, -0.05) is 72.4 Å². The van der Waals surface area contributed by atoms with Gasteiger partial charge in [0.25, 0.3) is 17.6 Å². The first kappa shape index (κ1) is 27.8. The molecular weight excluding hydrogens is 594 g/mol. The number of amides is 1. The van der Waals surface area contributed by atoms with Crippen LogP contribution in [0, 0.1) is 5.92 Å². The minimum atomic E-state index is -1.81. The maximum atomic E-state index is 15.5. The molecule has 4 aliphatic rings. The molecule has 11 heteroatoms. The lowest BCUT2D eigenvalue weighted by atomic mass is 9.72. The normalized spacial score (nSPS) is 26.2. The van der Waals surface area contributed by atoms with Gasteiger partial charge in [-0.3, -0.25) is 28.6 Å². The molecular formula is C34H27N3O7S. The van der Waals surface area contributed by atoms with Gasteiger partial charge in [0.1, 0.15) is 10.7 Å². The molecule has 4 unspecified atom stereocenters. The van der Waals surface area contributed by atoms with Crippen molar-refractivity contribution in [1.82, 2.24) is 9.47 Å². The number of para-hydroxylation sites is 2. The Hall–Kier alpha value is -4.74. The zero-order valence-electron chi connectivity index (χ0n) is 24.6. The van der Waals surface area contributed by atoms with Crippen molar-refractivity contribution in [3.8, 4) is 0 Å².